The van der Waals surface area contributed by atoms with E-state index in [0.717, 1.165) is 0 Å². The standard InChI is InChI=1S/C9H18N2O3S/c1-4-7(8(12)13)11-9(14)10-5-6(2)15-3/h6-7H,4-5H2,1-3H3,(H,12,13)(H2,10,11,14). The Morgan fingerprint density at radius 3 is 2.47 bits per heavy atom. The van der Waals surface area contributed by atoms with Crippen LogP contribution in [0.2, 0.25) is 0 Å². The summed E-state index contributed by atoms with van der Waals surface area (Å²) < 4.78 is 0. The number of amides is 2. The van der Waals surface area contributed by atoms with Crippen LogP contribution in [-0.4, -0.2) is 41.2 Å². The van der Waals surface area contributed by atoms with Gasteiger partial charge in [-0.15, -0.1) is 0 Å². The van der Waals surface area contributed by atoms with Crippen molar-refractivity contribution in [2.75, 3.05) is 12.8 Å². The highest BCUT2D eigenvalue weighted by Crippen LogP contribution is 2.02. The molecule has 0 aromatic heterocycles. The quantitative estimate of drug-likeness (QED) is 0.638. The summed E-state index contributed by atoms with van der Waals surface area (Å²) in [5.41, 5.74) is 0. The summed E-state index contributed by atoms with van der Waals surface area (Å²) in [5, 5.41) is 14.0. The van der Waals surface area contributed by atoms with E-state index < -0.39 is 18.0 Å². The lowest BCUT2D eigenvalue weighted by Gasteiger charge is -2.14. The second-order valence-corrected chi connectivity index (χ2v) is 4.48. The molecular formula is C9H18N2O3S. The molecule has 15 heavy (non-hydrogen) atoms. The van der Waals surface area contributed by atoms with Crippen molar-refractivity contribution in [3.63, 3.8) is 0 Å². The molecule has 0 aliphatic heterocycles. The Morgan fingerprint density at radius 1 is 1.47 bits per heavy atom. The van der Waals surface area contributed by atoms with Crippen molar-refractivity contribution in [2.24, 2.45) is 0 Å². The summed E-state index contributed by atoms with van der Waals surface area (Å²) in [4.78, 5) is 21.9. The van der Waals surface area contributed by atoms with E-state index in [0.29, 0.717) is 18.2 Å². The predicted octanol–water partition coefficient (Wildman–Crippen LogP) is 0.900. The van der Waals surface area contributed by atoms with E-state index in [-0.39, 0.29) is 0 Å². The molecule has 0 saturated heterocycles. The lowest BCUT2D eigenvalue weighted by molar-refractivity contribution is -0.139. The van der Waals surface area contributed by atoms with Crippen LogP contribution in [0.4, 0.5) is 4.79 Å². The minimum absolute atomic E-state index is 0.320. The molecule has 0 radical (unpaired) electrons. The molecule has 0 bridgehead atoms. The number of aliphatic carboxylic acids is 1. The van der Waals surface area contributed by atoms with Crippen LogP contribution >= 0.6 is 11.8 Å². The maximum atomic E-state index is 11.2. The third-order valence-corrected chi connectivity index (χ3v) is 2.94. The van der Waals surface area contributed by atoms with Gasteiger partial charge in [0.25, 0.3) is 0 Å². The molecule has 0 heterocycles. The molecule has 2 amide bonds. The van der Waals surface area contributed by atoms with E-state index in [2.05, 4.69) is 10.6 Å². The molecule has 0 spiro atoms. The SMILES string of the molecule is CCC(NC(=O)NCC(C)SC)C(=O)O. The fraction of sp³-hybridized carbons (Fsp3) is 0.778. The molecule has 5 nitrogen and oxygen atoms in total. The van der Waals surface area contributed by atoms with Gasteiger partial charge in [0.2, 0.25) is 0 Å². The van der Waals surface area contributed by atoms with Gasteiger partial charge in [-0.05, 0) is 12.7 Å². The number of hydrogen-bond donors (Lipinski definition) is 3. The highest BCUT2D eigenvalue weighted by atomic mass is 32.2. The van der Waals surface area contributed by atoms with Gasteiger partial charge in [-0.1, -0.05) is 13.8 Å². The number of carbonyl (C=O) groups is 2. The van der Waals surface area contributed by atoms with E-state index in [9.17, 15) is 9.59 Å². The maximum absolute atomic E-state index is 11.2. The van der Waals surface area contributed by atoms with Gasteiger partial charge >= 0.3 is 12.0 Å². The van der Waals surface area contributed by atoms with E-state index in [4.69, 9.17) is 5.11 Å². The molecule has 0 aliphatic carbocycles. The smallest absolute Gasteiger partial charge is 0.326 e. The topological polar surface area (TPSA) is 78.4 Å². The average Bonchev–Trinajstić information content (AvgIpc) is 2.21. The summed E-state index contributed by atoms with van der Waals surface area (Å²) in [7, 11) is 0. The normalized spacial score (nSPS) is 14.1. The van der Waals surface area contributed by atoms with Gasteiger partial charge in [-0.2, -0.15) is 11.8 Å². The predicted molar refractivity (Wildman–Crippen MR) is 61.2 cm³/mol. The number of carboxylic acids is 1. The van der Waals surface area contributed by atoms with Crippen LogP contribution in [0.5, 0.6) is 0 Å². The molecule has 0 aromatic carbocycles. The van der Waals surface area contributed by atoms with Crippen LogP contribution in [0.1, 0.15) is 20.3 Å². The maximum Gasteiger partial charge on any atom is 0.326 e. The van der Waals surface area contributed by atoms with Gasteiger partial charge in [0.1, 0.15) is 6.04 Å². The van der Waals surface area contributed by atoms with Gasteiger partial charge in [0.15, 0.2) is 0 Å². The number of nitrogens with one attached hydrogen (secondary N) is 2. The molecule has 88 valence electrons. The molecule has 0 saturated carbocycles. The lowest BCUT2D eigenvalue weighted by atomic mass is 10.2. The average molecular weight is 234 g/mol. The van der Waals surface area contributed by atoms with Gasteiger partial charge < -0.3 is 15.7 Å². The number of carboxylic acid groups (broad SMARTS) is 1. The fourth-order valence-corrected chi connectivity index (χ4v) is 1.12. The molecule has 0 aromatic rings. The molecule has 0 rings (SSSR count). The Balaban J connectivity index is 3.86. The third kappa shape index (κ3) is 6.22. The first-order chi connectivity index (χ1) is 7.01. The number of thioether (sulfide) groups is 1. The van der Waals surface area contributed by atoms with Gasteiger partial charge in [0.05, 0.1) is 0 Å². The summed E-state index contributed by atoms with van der Waals surface area (Å²) in [6.07, 6.45) is 2.33. The highest BCUT2D eigenvalue weighted by Gasteiger charge is 2.17. The van der Waals surface area contributed by atoms with E-state index in [1.165, 1.54) is 0 Å². The fourth-order valence-electron chi connectivity index (χ4n) is 0.867. The molecule has 2 unspecified atom stereocenters. The Bertz CT molecular complexity index is 223. The zero-order chi connectivity index (χ0) is 11.8. The molecule has 0 fully saturated rings. The number of hydrogen-bond acceptors (Lipinski definition) is 3. The second kappa shape index (κ2) is 7.39. The van der Waals surface area contributed by atoms with Crippen LogP contribution < -0.4 is 10.6 Å². The van der Waals surface area contributed by atoms with Crippen LogP contribution in [0.3, 0.4) is 0 Å². The van der Waals surface area contributed by atoms with Crippen molar-refractivity contribution in [3.05, 3.63) is 0 Å². The Kier molecular flexibility index (Phi) is 6.94. The van der Waals surface area contributed by atoms with Crippen molar-refractivity contribution in [2.45, 2.75) is 31.6 Å². The Hall–Kier alpha value is -0.910. The van der Waals surface area contributed by atoms with Crippen LogP contribution in [0.25, 0.3) is 0 Å². The van der Waals surface area contributed by atoms with Crippen LogP contribution in [-0.2, 0) is 4.79 Å². The van der Waals surface area contributed by atoms with Crippen LogP contribution in [0, 0.1) is 0 Å². The lowest BCUT2D eigenvalue weighted by Crippen LogP contribution is -2.46. The minimum atomic E-state index is -1.01. The van der Waals surface area contributed by atoms with Gasteiger partial charge in [-0.25, -0.2) is 9.59 Å². The van der Waals surface area contributed by atoms with Gasteiger partial charge in [0, 0.05) is 11.8 Å². The van der Waals surface area contributed by atoms with Crippen molar-refractivity contribution in [3.8, 4) is 0 Å². The summed E-state index contributed by atoms with van der Waals surface area (Å²) in [6.45, 7) is 4.23. The van der Waals surface area contributed by atoms with E-state index in [1.807, 2.05) is 13.2 Å². The first-order valence-electron chi connectivity index (χ1n) is 4.81. The summed E-state index contributed by atoms with van der Waals surface area (Å²) in [5.74, 6) is -1.01. The zero-order valence-electron chi connectivity index (χ0n) is 9.24. The van der Waals surface area contributed by atoms with E-state index >= 15 is 0 Å². The highest BCUT2D eigenvalue weighted by molar-refractivity contribution is 7.99. The Morgan fingerprint density at radius 2 is 2.07 bits per heavy atom. The largest absolute Gasteiger partial charge is 0.480 e. The van der Waals surface area contributed by atoms with Gasteiger partial charge in [-0.3, -0.25) is 0 Å². The second-order valence-electron chi connectivity index (χ2n) is 3.20. The summed E-state index contributed by atoms with van der Waals surface area (Å²) >= 11 is 1.64. The molecule has 0 aliphatic rings. The van der Waals surface area contributed by atoms with Crippen molar-refractivity contribution in [1.29, 1.82) is 0 Å². The molecule has 2 atom stereocenters. The van der Waals surface area contributed by atoms with Crippen molar-refractivity contribution < 1.29 is 14.7 Å². The molecular weight excluding hydrogens is 216 g/mol. The van der Waals surface area contributed by atoms with E-state index in [1.54, 1.807) is 18.7 Å². The Labute approximate surface area is 94.0 Å². The minimum Gasteiger partial charge on any atom is -0.480 e. The van der Waals surface area contributed by atoms with Crippen LogP contribution in [0.15, 0.2) is 0 Å². The number of rotatable bonds is 6. The van der Waals surface area contributed by atoms with Crippen molar-refractivity contribution >= 4 is 23.8 Å². The molecule has 3 N–H and O–H groups in total. The van der Waals surface area contributed by atoms with Crippen molar-refractivity contribution in [1.82, 2.24) is 10.6 Å². The monoisotopic (exact) mass is 234 g/mol. The molecule has 6 heteroatoms. The zero-order valence-corrected chi connectivity index (χ0v) is 10.1. The first-order valence-corrected chi connectivity index (χ1v) is 6.10. The number of carbonyl (C=O) groups excluding carboxylic acids is 1. The summed E-state index contributed by atoms with van der Waals surface area (Å²) in [6, 6.07) is -1.24. The number of urea groups is 1. The first kappa shape index (κ1) is 14.1. The third-order valence-electron chi connectivity index (χ3n) is 1.96.